The molecule has 172 valence electrons. The second-order valence-electron chi connectivity index (χ2n) is 6.42. The van der Waals surface area contributed by atoms with E-state index in [0.29, 0.717) is 40.1 Å². The van der Waals surface area contributed by atoms with Crippen molar-refractivity contribution < 1.29 is 23.7 Å². The van der Waals surface area contributed by atoms with Gasteiger partial charge in [0.05, 0.1) is 51.7 Å². The molecule has 1 amide bonds. The Kier molecular flexibility index (Phi) is 8.68. The lowest BCUT2D eigenvalue weighted by Gasteiger charge is -2.15. The van der Waals surface area contributed by atoms with Gasteiger partial charge in [0.2, 0.25) is 11.7 Å². The summed E-state index contributed by atoms with van der Waals surface area (Å²) in [6.07, 6.45) is 1.83. The highest BCUT2D eigenvalue weighted by Crippen LogP contribution is 2.40. The molecule has 0 bridgehead atoms. The van der Waals surface area contributed by atoms with E-state index in [-0.39, 0.29) is 31.3 Å². The molecule has 0 atom stereocenters. The second kappa shape index (κ2) is 11.2. The third kappa shape index (κ3) is 5.04. The van der Waals surface area contributed by atoms with Crippen LogP contribution in [-0.2, 0) is 4.79 Å². The molecule has 0 saturated heterocycles. The van der Waals surface area contributed by atoms with Gasteiger partial charge >= 0.3 is 0 Å². The van der Waals surface area contributed by atoms with E-state index in [1.165, 1.54) is 7.11 Å². The fraction of sp³-hybridized carbons (Fsp3) is 0.286. The summed E-state index contributed by atoms with van der Waals surface area (Å²) in [4.78, 5) is 12.1. The van der Waals surface area contributed by atoms with E-state index in [1.807, 2.05) is 6.07 Å². The molecular formula is C21H26ClN5O5. The largest absolute Gasteiger partial charge is 0.495 e. The molecule has 0 aliphatic carbocycles. The average molecular weight is 464 g/mol. The standard InChI is InChI=1S/C21H25N5O5.ClH/c1-28-17-6-5-13(9-15(17)24-20(27)7-8-22)16-12-23-25-26(16)14-10-18(29-2)21(31-4)19(11-14)30-3;/h5-6,9-12H,7-8,22H2,1-4H3,(H,24,27);1H. The van der Waals surface area contributed by atoms with Crippen molar-refractivity contribution in [3.63, 3.8) is 0 Å². The lowest BCUT2D eigenvalue weighted by molar-refractivity contribution is -0.116. The summed E-state index contributed by atoms with van der Waals surface area (Å²) in [5, 5.41) is 11.1. The normalized spacial score (nSPS) is 10.2. The average Bonchev–Trinajstić information content (AvgIpc) is 3.28. The SMILES string of the molecule is COc1ccc(-c2cnnn2-c2cc(OC)c(OC)c(OC)c2)cc1NC(=O)CCN.Cl. The van der Waals surface area contributed by atoms with Gasteiger partial charge in [-0.3, -0.25) is 4.79 Å². The number of methoxy groups -OCH3 is 4. The first-order valence-corrected chi connectivity index (χ1v) is 9.45. The number of benzene rings is 2. The molecular weight excluding hydrogens is 438 g/mol. The molecule has 0 saturated carbocycles. The number of hydrogen-bond acceptors (Lipinski definition) is 8. The van der Waals surface area contributed by atoms with Crippen LogP contribution in [0.3, 0.4) is 0 Å². The minimum atomic E-state index is -0.200. The van der Waals surface area contributed by atoms with Crippen molar-refractivity contribution in [2.24, 2.45) is 5.73 Å². The Balaban J connectivity index is 0.00000363. The first-order chi connectivity index (χ1) is 15.1. The number of ether oxygens (including phenoxy) is 4. The molecule has 3 rings (SSSR count). The van der Waals surface area contributed by atoms with Crippen LogP contribution >= 0.6 is 12.4 Å². The molecule has 0 fully saturated rings. The number of halogens is 1. The molecule has 32 heavy (non-hydrogen) atoms. The van der Waals surface area contributed by atoms with Crippen molar-refractivity contribution in [2.75, 3.05) is 40.3 Å². The van der Waals surface area contributed by atoms with Gasteiger partial charge in [0.25, 0.3) is 0 Å². The summed E-state index contributed by atoms with van der Waals surface area (Å²) < 4.78 is 23.3. The van der Waals surface area contributed by atoms with Gasteiger partial charge in [-0.05, 0) is 18.2 Å². The van der Waals surface area contributed by atoms with Crippen LogP contribution in [0.15, 0.2) is 36.5 Å². The maximum atomic E-state index is 12.1. The summed E-state index contributed by atoms with van der Waals surface area (Å²) >= 11 is 0. The smallest absolute Gasteiger partial charge is 0.225 e. The summed E-state index contributed by atoms with van der Waals surface area (Å²) in [5.41, 5.74) is 8.11. The number of amides is 1. The lowest BCUT2D eigenvalue weighted by Crippen LogP contribution is -2.16. The van der Waals surface area contributed by atoms with Crippen LogP contribution in [0.4, 0.5) is 5.69 Å². The van der Waals surface area contributed by atoms with Gasteiger partial charge < -0.3 is 30.0 Å². The molecule has 0 aliphatic heterocycles. The predicted octanol–water partition coefficient (Wildman–Crippen LogP) is 2.68. The number of nitrogens with one attached hydrogen (secondary N) is 1. The molecule has 10 nitrogen and oxygen atoms in total. The Morgan fingerprint density at radius 1 is 1.00 bits per heavy atom. The van der Waals surface area contributed by atoms with Gasteiger partial charge in [-0.2, -0.15) is 0 Å². The number of nitrogens with zero attached hydrogens (tertiary/aromatic N) is 3. The molecule has 0 aliphatic rings. The highest BCUT2D eigenvalue weighted by atomic mass is 35.5. The first-order valence-electron chi connectivity index (χ1n) is 9.45. The van der Waals surface area contributed by atoms with Gasteiger partial charge in [0.1, 0.15) is 5.75 Å². The molecule has 0 radical (unpaired) electrons. The minimum Gasteiger partial charge on any atom is -0.495 e. The Hall–Kier alpha value is -3.50. The van der Waals surface area contributed by atoms with E-state index >= 15 is 0 Å². The van der Waals surface area contributed by atoms with Crippen molar-refractivity contribution in [3.8, 4) is 39.9 Å². The predicted molar refractivity (Wildman–Crippen MR) is 123 cm³/mol. The fourth-order valence-electron chi connectivity index (χ4n) is 3.12. The van der Waals surface area contributed by atoms with E-state index < -0.39 is 0 Å². The van der Waals surface area contributed by atoms with E-state index in [4.69, 9.17) is 24.7 Å². The Morgan fingerprint density at radius 3 is 2.22 bits per heavy atom. The van der Waals surface area contributed by atoms with Crippen LogP contribution < -0.4 is 30.0 Å². The topological polar surface area (TPSA) is 123 Å². The van der Waals surface area contributed by atoms with E-state index in [2.05, 4.69) is 15.6 Å². The van der Waals surface area contributed by atoms with Crippen LogP contribution in [0, 0.1) is 0 Å². The summed E-state index contributed by atoms with van der Waals surface area (Å²) in [5.74, 6) is 1.78. The van der Waals surface area contributed by atoms with Gasteiger partial charge in [0.15, 0.2) is 11.5 Å². The quantitative estimate of drug-likeness (QED) is 0.496. The van der Waals surface area contributed by atoms with Gasteiger partial charge in [-0.1, -0.05) is 5.21 Å². The van der Waals surface area contributed by atoms with Crippen molar-refractivity contribution in [1.82, 2.24) is 15.0 Å². The summed E-state index contributed by atoms with van der Waals surface area (Å²) in [6.45, 7) is 0.256. The van der Waals surface area contributed by atoms with E-state index in [9.17, 15) is 4.79 Å². The maximum Gasteiger partial charge on any atom is 0.225 e. The van der Waals surface area contributed by atoms with Crippen LogP contribution in [0.25, 0.3) is 16.9 Å². The molecule has 0 spiro atoms. The Labute approximate surface area is 192 Å². The lowest BCUT2D eigenvalue weighted by atomic mass is 10.1. The van der Waals surface area contributed by atoms with Crippen LogP contribution in [-0.4, -0.2) is 55.9 Å². The number of rotatable bonds is 9. The highest BCUT2D eigenvalue weighted by molar-refractivity contribution is 5.93. The van der Waals surface area contributed by atoms with Crippen molar-refractivity contribution in [2.45, 2.75) is 6.42 Å². The zero-order chi connectivity index (χ0) is 22.4. The minimum absolute atomic E-state index is 0. The van der Waals surface area contributed by atoms with Gasteiger partial charge in [0, 0.05) is 30.7 Å². The zero-order valence-electron chi connectivity index (χ0n) is 18.2. The summed E-state index contributed by atoms with van der Waals surface area (Å²) in [6, 6.07) is 8.95. The zero-order valence-corrected chi connectivity index (χ0v) is 19.1. The molecule has 1 aromatic heterocycles. The van der Waals surface area contributed by atoms with Crippen molar-refractivity contribution >= 4 is 24.0 Å². The van der Waals surface area contributed by atoms with E-state index in [0.717, 1.165) is 5.56 Å². The van der Waals surface area contributed by atoms with Crippen LogP contribution in [0.5, 0.6) is 23.0 Å². The molecule has 2 aromatic carbocycles. The van der Waals surface area contributed by atoms with Gasteiger partial charge in [-0.15, -0.1) is 17.5 Å². The number of hydrogen-bond donors (Lipinski definition) is 2. The van der Waals surface area contributed by atoms with Crippen LogP contribution in [0.1, 0.15) is 6.42 Å². The molecule has 3 aromatic rings. The number of aromatic nitrogens is 3. The van der Waals surface area contributed by atoms with Crippen molar-refractivity contribution in [1.29, 1.82) is 0 Å². The van der Waals surface area contributed by atoms with Crippen LogP contribution in [0.2, 0.25) is 0 Å². The summed E-state index contributed by atoms with van der Waals surface area (Å²) in [7, 11) is 6.17. The molecule has 11 heteroatoms. The third-order valence-electron chi connectivity index (χ3n) is 4.58. The monoisotopic (exact) mass is 463 g/mol. The molecule has 0 unspecified atom stereocenters. The van der Waals surface area contributed by atoms with Gasteiger partial charge in [-0.25, -0.2) is 4.68 Å². The third-order valence-corrected chi connectivity index (χ3v) is 4.58. The Bertz CT molecular complexity index is 1050. The molecule has 1 heterocycles. The molecule has 3 N–H and O–H groups in total. The number of anilines is 1. The fourth-order valence-corrected chi connectivity index (χ4v) is 3.12. The first kappa shape index (κ1) is 24.8. The second-order valence-corrected chi connectivity index (χ2v) is 6.42. The number of nitrogens with two attached hydrogens (primary N) is 1. The van der Waals surface area contributed by atoms with E-state index in [1.54, 1.807) is 56.5 Å². The number of carbonyl (C=O) groups is 1. The Morgan fingerprint density at radius 2 is 1.66 bits per heavy atom. The highest BCUT2D eigenvalue weighted by Gasteiger charge is 2.18. The number of carbonyl (C=O) groups excluding carboxylic acids is 1. The van der Waals surface area contributed by atoms with Crippen molar-refractivity contribution in [3.05, 3.63) is 36.5 Å². The maximum absolute atomic E-state index is 12.1.